The Morgan fingerprint density at radius 2 is 0.441 bits per heavy atom. The summed E-state index contributed by atoms with van der Waals surface area (Å²) in [6.45, 7) is 65.0. The van der Waals surface area contributed by atoms with Crippen molar-refractivity contribution in [1.29, 1.82) is 0 Å². The largest absolute Gasteiger partial charge is 0.386 e. The second-order valence-corrected chi connectivity index (χ2v) is 30.7. The van der Waals surface area contributed by atoms with Gasteiger partial charge in [-0.25, -0.2) is 0 Å². The average molecular weight is 1590 g/mol. The lowest BCUT2D eigenvalue weighted by atomic mass is 9.94. The molecule has 0 fully saturated rings. The van der Waals surface area contributed by atoms with Crippen LogP contribution in [0.1, 0.15) is 245 Å². The van der Waals surface area contributed by atoms with Crippen LogP contribution in [-0.4, -0.2) is 152 Å². The van der Waals surface area contributed by atoms with Gasteiger partial charge < -0.3 is 107 Å². The summed E-state index contributed by atoms with van der Waals surface area (Å²) in [7, 11) is 0. The number of hydrogen-bond acceptors (Lipinski definition) is 29. The molecule has 0 aromatic carbocycles. The van der Waals surface area contributed by atoms with E-state index in [1.54, 1.807) is 0 Å². The number of nitrogens with one attached hydrogen (secondary N) is 4. The van der Waals surface area contributed by atoms with Crippen LogP contribution in [0.2, 0.25) is 0 Å². The first kappa shape index (κ1) is 128. The van der Waals surface area contributed by atoms with Gasteiger partial charge in [-0.15, -0.1) is 0 Å². The Hall–Kier alpha value is -6.38. The van der Waals surface area contributed by atoms with Crippen LogP contribution in [0.3, 0.4) is 0 Å². The minimum absolute atomic E-state index is 0. The van der Waals surface area contributed by atoms with Crippen LogP contribution in [-0.2, 0) is 47.9 Å². The number of hydrogen-bond donors (Lipinski definition) is 19. The predicted molar refractivity (Wildman–Crippen MR) is 468 cm³/mol. The second kappa shape index (κ2) is 78.9. The van der Waals surface area contributed by atoms with Gasteiger partial charge in [0.2, 0.25) is 0 Å². The summed E-state index contributed by atoms with van der Waals surface area (Å²) in [5, 5.41) is 11.1. The number of Topliss-reactive ketones (excluding diaryl/α,β-unsaturated/α-hetero) is 10. The molecule has 34 N–H and O–H groups in total. The highest BCUT2D eigenvalue weighted by molar-refractivity contribution is 5.88. The molecule has 660 valence electrons. The number of carbonyl (C=O) groups excluding carboxylic acids is 10. The Kier molecular flexibility index (Phi) is 91.1. The van der Waals surface area contributed by atoms with Crippen molar-refractivity contribution >= 4 is 57.8 Å². The van der Waals surface area contributed by atoms with Gasteiger partial charge in [0.25, 0.3) is 0 Å². The fraction of sp³-hybridized carbons (Fsp3) is 0.780. The molecule has 0 radical (unpaired) electrons. The Morgan fingerprint density at radius 3 is 0.604 bits per heavy atom. The Labute approximate surface area is 676 Å². The molecule has 0 heterocycles. The molecule has 0 bridgehead atoms. The normalized spacial score (nSPS) is 13.1. The predicted octanol–water partition coefficient (Wildman–Crippen LogP) is 5.80. The molecule has 0 aliphatic carbocycles. The summed E-state index contributed by atoms with van der Waals surface area (Å²) in [5.41, 5.74) is 81.4. The molecule has 29 heteroatoms. The standard InChI is InChI=1S/2C9H19N3O.2C9H19NO.2C8H17N3O.C8H17NO.C7H16N2O.2C7H15NO.CH4/c2*1-6(2)9(13)8(11)4-5-12-7(3)10;2*1-4-5-6-8(10)9(11)7(2)3;2*1-5(2)8(12)7(10)4-11-6(3)9;1-6(2)8(10)7(3)4-5-9;1-5(2)7(10)6(9)3-4-8;2*1-5(2)7(9)6(3)4-8;/h2*6,8,12H,3-5,10-11H2,1-2H3;2*7-8H,4-6,10H2,1-3H3;2*5,7,11H,3-4,9-10H2,1-2H3;6-7H,4-5,9H2,1-3H3;5-6H,3-4,8-9H2,1-2H3;2*5-6H,4,8H2,1-3H3;1H4/t4*8-;3*7-;3*6-;/m1010100110./s1. The quantitative estimate of drug-likeness (QED) is 0.0342. The molecule has 29 nitrogen and oxygen atoms in total. The number of carbonyl (C=O) groups is 10. The van der Waals surface area contributed by atoms with Crippen LogP contribution in [0.25, 0.3) is 0 Å². The van der Waals surface area contributed by atoms with Crippen molar-refractivity contribution in [2.75, 3.05) is 52.4 Å². The van der Waals surface area contributed by atoms with Crippen molar-refractivity contribution in [2.45, 2.75) is 287 Å². The van der Waals surface area contributed by atoms with Gasteiger partial charge in [0.1, 0.15) is 17.3 Å². The third-order valence-corrected chi connectivity index (χ3v) is 15.9. The Morgan fingerprint density at radius 1 is 0.261 bits per heavy atom. The first-order chi connectivity index (χ1) is 50.3. The minimum Gasteiger partial charge on any atom is -0.386 e. The van der Waals surface area contributed by atoms with Gasteiger partial charge in [-0.05, 0) is 51.6 Å². The summed E-state index contributed by atoms with van der Waals surface area (Å²) in [6.07, 6.45) is 8.60. The van der Waals surface area contributed by atoms with E-state index in [9.17, 15) is 47.9 Å². The van der Waals surface area contributed by atoms with E-state index in [0.29, 0.717) is 101 Å². The van der Waals surface area contributed by atoms with Crippen molar-refractivity contribution in [1.82, 2.24) is 21.3 Å². The van der Waals surface area contributed by atoms with Gasteiger partial charge in [-0.1, -0.05) is 233 Å². The summed E-state index contributed by atoms with van der Waals surface area (Å²) >= 11 is 0. The summed E-state index contributed by atoms with van der Waals surface area (Å²) < 4.78 is 0. The lowest BCUT2D eigenvalue weighted by Crippen LogP contribution is -2.42. The lowest BCUT2D eigenvalue weighted by Gasteiger charge is -2.13. The van der Waals surface area contributed by atoms with Crippen LogP contribution in [0.4, 0.5) is 0 Å². The van der Waals surface area contributed by atoms with Gasteiger partial charge in [0.15, 0.2) is 40.5 Å². The number of rotatable bonds is 46. The highest BCUT2D eigenvalue weighted by Gasteiger charge is 2.22. The van der Waals surface area contributed by atoms with Crippen LogP contribution in [0, 0.1) is 76.9 Å². The summed E-state index contributed by atoms with van der Waals surface area (Å²) in [6, 6.07) is -2.59. The molecule has 0 saturated carbocycles. The molecule has 0 aromatic rings. The maximum absolute atomic E-state index is 11.3. The van der Waals surface area contributed by atoms with Gasteiger partial charge in [-0.3, -0.25) is 47.9 Å². The van der Waals surface area contributed by atoms with Crippen molar-refractivity contribution in [3.8, 4) is 0 Å². The second-order valence-electron chi connectivity index (χ2n) is 30.7. The van der Waals surface area contributed by atoms with Gasteiger partial charge in [0.05, 0.1) is 65.6 Å². The molecule has 0 unspecified atom stereocenters. The zero-order valence-electron chi connectivity index (χ0n) is 73.8. The zero-order valence-corrected chi connectivity index (χ0v) is 73.8. The molecule has 0 aromatic heterocycles. The fourth-order valence-electron chi connectivity index (χ4n) is 8.53. The third kappa shape index (κ3) is 82.9. The van der Waals surface area contributed by atoms with Crippen LogP contribution in [0.5, 0.6) is 0 Å². The van der Waals surface area contributed by atoms with E-state index in [-0.39, 0.29) is 155 Å². The van der Waals surface area contributed by atoms with Crippen molar-refractivity contribution in [3.05, 3.63) is 49.6 Å². The molecule has 111 heavy (non-hydrogen) atoms. The molecular weight excluding hydrogens is 1410 g/mol. The molecule has 0 aliphatic heterocycles. The smallest absolute Gasteiger partial charge is 0.153 e. The lowest BCUT2D eigenvalue weighted by molar-refractivity contribution is -0.126. The molecular formula is C82H177N19O10. The Balaban J connectivity index is -0.000000111. The first-order valence-corrected chi connectivity index (χ1v) is 39.5. The summed E-state index contributed by atoms with van der Waals surface area (Å²) in [4.78, 5) is 112. The van der Waals surface area contributed by atoms with E-state index < -0.39 is 24.2 Å². The van der Waals surface area contributed by atoms with Crippen molar-refractivity contribution in [2.24, 2.45) is 163 Å². The maximum atomic E-state index is 11.3. The van der Waals surface area contributed by atoms with E-state index in [1.165, 1.54) is 0 Å². The highest BCUT2D eigenvalue weighted by atomic mass is 16.2. The molecule has 0 rings (SSSR count). The van der Waals surface area contributed by atoms with E-state index in [1.807, 2.05) is 159 Å². The topological polar surface area (TPSA) is 609 Å². The minimum atomic E-state index is -0.495. The molecule has 0 aliphatic rings. The average Bonchev–Trinajstić information content (AvgIpc) is 0.990. The number of unbranched alkanes of at least 4 members (excludes halogenated alkanes) is 2. The highest BCUT2D eigenvalue weighted by Crippen LogP contribution is 2.11. The number of ketones is 10. The number of nitrogens with two attached hydrogens (primary N) is 15. The van der Waals surface area contributed by atoms with Crippen LogP contribution < -0.4 is 107 Å². The Bertz CT molecular complexity index is 2330. The van der Waals surface area contributed by atoms with E-state index in [2.05, 4.69) is 61.4 Å². The van der Waals surface area contributed by atoms with Crippen molar-refractivity contribution < 1.29 is 47.9 Å². The maximum Gasteiger partial charge on any atom is 0.153 e. The fourth-order valence-corrected chi connectivity index (χ4v) is 8.53. The van der Waals surface area contributed by atoms with Crippen LogP contribution in [0.15, 0.2) is 49.6 Å². The SMILES string of the molecule is C.C=C(N)NCC[C@@H](N)C(=O)C(C)C.C=C(N)NCC[C@H](N)C(=O)C(C)C.C=C(N)NC[C@@H](N)C(=O)C(C)C.C=C(N)NC[C@H](N)C(=O)C(C)C.CC(C)C(=O)[C@@H](C)CCN.CC(C)C(=O)[C@@H](C)CN.CC(C)C(=O)[C@H](C)CN.CC(C)C(=O)[C@H](N)CCN.CCCC[C@@H](N)C(=O)C(C)C.CCCC[C@H](N)C(=O)C(C)C. The van der Waals surface area contributed by atoms with Crippen LogP contribution >= 0.6 is 0 Å². The zero-order chi connectivity index (χ0) is 89.2. The monoisotopic (exact) mass is 1590 g/mol. The van der Waals surface area contributed by atoms with Crippen molar-refractivity contribution in [3.63, 3.8) is 0 Å². The van der Waals surface area contributed by atoms with Gasteiger partial charge in [-0.2, -0.15) is 0 Å². The molecule has 0 saturated heterocycles. The third-order valence-electron chi connectivity index (χ3n) is 15.9. The summed E-state index contributed by atoms with van der Waals surface area (Å²) in [5.74, 6) is 3.80. The van der Waals surface area contributed by atoms with E-state index in [0.717, 1.165) is 44.9 Å². The first-order valence-electron chi connectivity index (χ1n) is 39.5. The van der Waals surface area contributed by atoms with E-state index in [4.69, 9.17) is 86.0 Å². The van der Waals surface area contributed by atoms with Gasteiger partial charge in [0, 0.05) is 116 Å². The molecule has 0 spiro atoms. The van der Waals surface area contributed by atoms with E-state index >= 15 is 0 Å². The molecule has 0 amide bonds. The molecule has 10 atom stereocenters. The van der Waals surface area contributed by atoms with Gasteiger partial charge >= 0.3 is 0 Å².